The van der Waals surface area contributed by atoms with Crippen molar-refractivity contribution in [2.75, 3.05) is 6.61 Å². The Morgan fingerprint density at radius 2 is 1.41 bits per heavy atom. The molecule has 1 heterocycles. The van der Waals surface area contributed by atoms with Crippen molar-refractivity contribution in [2.45, 2.75) is 38.4 Å². The summed E-state index contributed by atoms with van der Waals surface area (Å²) in [5, 5.41) is 0. The number of hydrogen-bond acceptors (Lipinski definition) is 3. The van der Waals surface area contributed by atoms with Crippen LogP contribution in [0.15, 0.2) is 60.7 Å². The van der Waals surface area contributed by atoms with Crippen molar-refractivity contribution in [3.8, 4) is 0 Å². The van der Waals surface area contributed by atoms with Gasteiger partial charge < -0.3 is 14.2 Å². The van der Waals surface area contributed by atoms with Gasteiger partial charge in [-0.25, -0.2) is 0 Å². The van der Waals surface area contributed by atoms with Crippen LogP contribution < -0.4 is 0 Å². The molecule has 2 aromatic rings. The van der Waals surface area contributed by atoms with Gasteiger partial charge in [0.05, 0.1) is 25.9 Å². The zero-order valence-corrected chi connectivity index (χ0v) is 12.7. The molecule has 0 saturated carbocycles. The molecule has 0 aromatic heterocycles. The fourth-order valence-electron chi connectivity index (χ4n) is 2.55. The molecule has 2 aromatic carbocycles. The lowest BCUT2D eigenvalue weighted by Crippen LogP contribution is -2.32. The first-order chi connectivity index (χ1) is 10.9. The van der Waals surface area contributed by atoms with Crippen LogP contribution in [0.3, 0.4) is 0 Å². The maximum atomic E-state index is 5.99. The summed E-state index contributed by atoms with van der Waals surface area (Å²) in [6, 6.07) is 20.4. The van der Waals surface area contributed by atoms with Gasteiger partial charge in [0, 0.05) is 6.42 Å². The van der Waals surface area contributed by atoms with Gasteiger partial charge in [-0.2, -0.15) is 0 Å². The predicted octanol–water partition coefficient (Wildman–Crippen LogP) is 3.93. The molecule has 0 radical (unpaired) electrons. The summed E-state index contributed by atoms with van der Waals surface area (Å²) in [5.74, 6) is 0. The molecule has 0 spiro atoms. The van der Waals surface area contributed by atoms with Crippen LogP contribution in [0.25, 0.3) is 0 Å². The van der Waals surface area contributed by atoms with E-state index >= 15 is 0 Å². The van der Waals surface area contributed by atoms with Crippen molar-refractivity contribution in [1.29, 1.82) is 0 Å². The quantitative estimate of drug-likeness (QED) is 0.809. The van der Waals surface area contributed by atoms with Gasteiger partial charge in [0.15, 0.2) is 6.29 Å². The first kappa shape index (κ1) is 15.2. The highest BCUT2D eigenvalue weighted by Crippen LogP contribution is 2.20. The van der Waals surface area contributed by atoms with Crippen LogP contribution in [0, 0.1) is 0 Å². The molecule has 1 fully saturated rings. The summed E-state index contributed by atoms with van der Waals surface area (Å²) in [7, 11) is 0. The van der Waals surface area contributed by atoms with Crippen LogP contribution in [-0.2, 0) is 27.4 Å². The molecule has 1 aliphatic rings. The van der Waals surface area contributed by atoms with Gasteiger partial charge in [-0.1, -0.05) is 60.7 Å². The smallest absolute Gasteiger partial charge is 0.160 e. The largest absolute Gasteiger partial charge is 0.373 e. The normalized spacial score (nSPS) is 21.6. The van der Waals surface area contributed by atoms with Crippen molar-refractivity contribution in [1.82, 2.24) is 0 Å². The second-order valence-electron chi connectivity index (χ2n) is 5.54. The van der Waals surface area contributed by atoms with Crippen LogP contribution >= 0.6 is 0 Å². The van der Waals surface area contributed by atoms with E-state index in [-0.39, 0.29) is 12.4 Å². The zero-order chi connectivity index (χ0) is 15.0. The van der Waals surface area contributed by atoms with Crippen molar-refractivity contribution in [2.24, 2.45) is 0 Å². The minimum absolute atomic E-state index is 0.172. The van der Waals surface area contributed by atoms with Crippen LogP contribution in [0.5, 0.6) is 0 Å². The highest BCUT2D eigenvalue weighted by atomic mass is 16.7. The molecule has 0 bridgehead atoms. The van der Waals surface area contributed by atoms with E-state index in [9.17, 15) is 0 Å². The van der Waals surface area contributed by atoms with Gasteiger partial charge in [-0.15, -0.1) is 0 Å². The predicted molar refractivity (Wildman–Crippen MR) is 85.2 cm³/mol. The summed E-state index contributed by atoms with van der Waals surface area (Å²) < 4.78 is 17.5. The number of ether oxygens (including phenoxy) is 3. The Labute approximate surface area is 131 Å². The topological polar surface area (TPSA) is 27.7 Å². The second kappa shape index (κ2) is 8.08. The van der Waals surface area contributed by atoms with E-state index in [1.807, 2.05) is 36.4 Å². The minimum Gasteiger partial charge on any atom is -0.373 e. The summed E-state index contributed by atoms with van der Waals surface area (Å²) in [6.45, 7) is 1.92. The third-order valence-corrected chi connectivity index (χ3v) is 3.81. The molecule has 116 valence electrons. The highest BCUT2D eigenvalue weighted by molar-refractivity contribution is 5.14. The Morgan fingerprint density at radius 1 is 0.818 bits per heavy atom. The van der Waals surface area contributed by atoms with Gasteiger partial charge in [0.1, 0.15) is 0 Å². The number of hydrogen-bond donors (Lipinski definition) is 0. The van der Waals surface area contributed by atoms with Crippen molar-refractivity contribution in [3.05, 3.63) is 71.8 Å². The van der Waals surface area contributed by atoms with E-state index in [1.165, 1.54) is 11.1 Å². The van der Waals surface area contributed by atoms with Gasteiger partial charge in [0.25, 0.3) is 0 Å². The average molecular weight is 298 g/mol. The fourth-order valence-corrected chi connectivity index (χ4v) is 2.55. The molecule has 1 saturated heterocycles. The maximum Gasteiger partial charge on any atom is 0.160 e. The molecule has 0 aliphatic carbocycles. The summed E-state index contributed by atoms with van der Waals surface area (Å²) in [5.41, 5.74) is 2.37. The lowest BCUT2D eigenvalue weighted by atomic mass is 10.1. The molecule has 0 N–H and O–H groups in total. The first-order valence-corrected chi connectivity index (χ1v) is 7.83. The molecule has 2 unspecified atom stereocenters. The zero-order valence-electron chi connectivity index (χ0n) is 12.7. The SMILES string of the molecule is c1ccc(COC2CCOC(OCc3ccccc3)C2)cc1. The van der Waals surface area contributed by atoms with Gasteiger partial charge >= 0.3 is 0 Å². The molecule has 3 rings (SSSR count). The van der Waals surface area contributed by atoms with Crippen molar-refractivity contribution >= 4 is 0 Å². The molecule has 1 aliphatic heterocycles. The van der Waals surface area contributed by atoms with Crippen LogP contribution in [-0.4, -0.2) is 19.0 Å². The number of rotatable bonds is 6. The summed E-state index contributed by atoms with van der Waals surface area (Å²) in [4.78, 5) is 0. The lowest BCUT2D eigenvalue weighted by molar-refractivity contribution is -0.199. The average Bonchev–Trinajstić information content (AvgIpc) is 2.60. The summed E-state index contributed by atoms with van der Waals surface area (Å²) in [6.07, 6.45) is 1.75. The minimum atomic E-state index is -0.172. The molecule has 0 amide bonds. The first-order valence-electron chi connectivity index (χ1n) is 7.83. The van der Waals surface area contributed by atoms with E-state index in [4.69, 9.17) is 14.2 Å². The van der Waals surface area contributed by atoms with Crippen LogP contribution in [0.1, 0.15) is 24.0 Å². The van der Waals surface area contributed by atoms with Crippen molar-refractivity contribution < 1.29 is 14.2 Å². The van der Waals surface area contributed by atoms with E-state index < -0.39 is 0 Å². The molecule has 3 nitrogen and oxygen atoms in total. The molecule has 3 heteroatoms. The summed E-state index contributed by atoms with van der Waals surface area (Å²) >= 11 is 0. The third kappa shape index (κ3) is 4.67. The molecule has 22 heavy (non-hydrogen) atoms. The Balaban J connectivity index is 1.43. The Hall–Kier alpha value is -1.68. The van der Waals surface area contributed by atoms with Gasteiger partial charge in [-0.3, -0.25) is 0 Å². The third-order valence-electron chi connectivity index (χ3n) is 3.81. The molecule has 2 atom stereocenters. The van der Waals surface area contributed by atoms with Crippen molar-refractivity contribution in [3.63, 3.8) is 0 Å². The van der Waals surface area contributed by atoms with E-state index in [0.29, 0.717) is 19.8 Å². The maximum absolute atomic E-state index is 5.99. The van der Waals surface area contributed by atoms with Gasteiger partial charge in [0.2, 0.25) is 0 Å². The monoisotopic (exact) mass is 298 g/mol. The van der Waals surface area contributed by atoms with Crippen LogP contribution in [0.2, 0.25) is 0 Å². The Kier molecular flexibility index (Phi) is 5.59. The van der Waals surface area contributed by atoms with E-state index in [0.717, 1.165) is 12.8 Å². The fraction of sp³-hybridized carbons (Fsp3) is 0.368. The molecular formula is C19H22O3. The second-order valence-corrected chi connectivity index (χ2v) is 5.54. The van der Waals surface area contributed by atoms with Gasteiger partial charge in [-0.05, 0) is 17.5 Å². The number of benzene rings is 2. The molecular weight excluding hydrogens is 276 g/mol. The van der Waals surface area contributed by atoms with Crippen LogP contribution in [0.4, 0.5) is 0 Å². The van der Waals surface area contributed by atoms with E-state index in [1.54, 1.807) is 0 Å². The lowest BCUT2D eigenvalue weighted by Gasteiger charge is -2.29. The Morgan fingerprint density at radius 3 is 2.05 bits per heavy atom. The Bertz CT molecular complexity index is 492. The standard InChI is InChI=1S/C19H22O3/c1-3-7-16(8-4-1)14-21-18-11-12-20-19(13-18)22-15-17-9-5-2-6-10-17/h1-10,18-19H,11-15H2. The highest BCUT2D eigenvalue weighted by Gasteiger charge is 2.23. The van der Waals surface area contributed by atoms with E-state index in [2.05, 4.69) is 24.3 Å².